The van der Waals surface area contributed by atoms with Crippen LogP contribution in [0.25, 0.3) is 21.8 Å². The fourth-order valence-corrected chi connectivity index (χ4v) is 2.72. The molecule has 0 amide bonds. The van der Waals surface area contributed by atoms with Crippen LogP contribution in [0.15, 0.2) is 73.1 Å². The average Bonchev–Trinajstić information content (AvgIpc) is 2.60. The highest BCUT2D eigenvalue weighted by Crippen LogP contribution is 2.13. The summed E-state index contributed by atoms with van der Waals surface area (Å²) in [6.45, 7) is 4.00. The second-order valence-electron chi connectivity index (χ2n) is 5.68. The topological polar surface area (TPSA) is 53.9 Å². The molecule has 0 aliphatic heterocycles. The molecule has 0 N–H and O–H groups in total. The van der Waals surface area contributed by atoms with Crippen molar-refractivity contribution in [2.45, 2.75) is 13.8 Å². The summed E-state index contributed by atoms with van der Waals surface area (Å²) in [6.07, 6.45) is 3.06. The predicted octanol–water partition coefficient (Wildman–Crippen LogP) is 3.56. The highest BCUT2D eigenvalue weighted by atomic mass is 16.5. The summed E-state index contributed by atoms with van der Waals surface area (Å²) in [6, 6.07) is 18.9. The highest BCUT2D eigenvalue weighted by molar-refractivity contribution is 5.79. The van der Waals surface area contributed by atoms with Crippen LogP contribution >= 0.6 is 0 Å². The Morgan fingerprint density at radius 1 is 0.583 bits per heavy atom. The first-order valence-corrected chi connectivity index (χ1v) is 7.73. The van der Waals surface area contributed by atoms with Crippen LogP contribution in [0.5, 0.6) is 0 Å². The van der Waals surface area contributed by atoms with Crippen molar-refractivity contribution >= 4 is 21.8 Å². The molecule has 0 aliphatic carbocycles. The molecule has 4 heteroatoms. The van der Waals surface area contributed by atoms with E-state index < -0.39 is 0 Å². The van der Waals surface area contributed by atoms with Crippen LogP contribution in [-0.4, -0.2) is 0 Å². The summed E-state index contributed by atoms with van der Waals surface area (Å²) >= 11 is 0. The number of aromatic nitrogens is 2. The van der Waals surface area contributed by atoms with Crippen molar-refractivity contribution in [3.63, 3.8) is 0 Å². The van der Waals surface area contributed by atoms with Crippen LogP contribution in [0.1, 0.15) is 11.1 Å². The molecule has 4 aromatic rings. The van der Waals surface area contributed by atoms with Crippen LogP contribution in [0, 0.1) is 24.3 Å². The summed E-state index contributed by atoms with van der Waals surface area (Å²) in [4.78, 5) is 0. The fourth-order valence-electron chi connectivity index (χ4n) is 2.72. The zero-order chi connectivity index (χ0) is 17.1. The first kappa shape index (κ1) is 15.7. The van der Waals surface area contributed by atoms with E-state index in [0.717, 1.165) is 42.4 Å². The molecule has 4 rings (SSSR count). The highest BCUT2D eigenvalue weighted by Gasteiger charge is 2.03. The number of rotatable bonds is 0. The minimum absolute atomic E-state index is 0.734. The van der Waals surface area contributed by atoms with Gasteiger partial charge < -0.3 is 10.4 Å². The molecule has 0 fully saturated rings. The van der Waals surface area contributed by atoms with Crippen molar-refractivity contribution in [1.29, 1.82) is 0 Å². The maximum Gasteiger partial charge on any atom is 0.223 e. The molecular formula is C20H18N2O2. The summed E-state index contributed by atoms with van der Waals surface area (Å²) < 4.78 is 1.78. The van der Waals surface area contributed by atoms with E-state index in [1.54, 1.807) is 6.07 Å². The van der Waals surface area contributed by atoms with Gasteiger partial charge in [-0.05, 0) is 37.1 Å². The maximum absolute atomic E-state index is 11.2. The minimum Gasteiger partial charge on any atom is -0.618 e. The van der Waals surface area contributed by atoms with Gasteiger partial charge in [-0.2, -0.15) is 9.46 Å². The van der Waals surface area contributed by atoms with E-state index in [2.05, 4.69) is 0 Å². The first-order valence-electron chi connectivity index (χ1n) is 7.73. The van der Waals surface area contributed by atoms with Crippen LogP contribution in [0.3, 0.4) is 0 Å². The Kier molecular flexibility index (Phi) is 4.29. The number of aryl methyl sites for hydroxylation is 2. The van der Waals surface area contributed by atoms with Crippen molar-refractivity contribution in [3.8, 4) is 0 Å². The average molecular weight is 318 g/mol. The molecule has 0 aliphatic rings. The smallest absolute Gasteiger partial charge is 0.223 e. The lowest BCUT2D eigenvalue weighted by Crippen LogP contribution is -2.26. The third-order valence-electron chi connectivity index (χ3n) is 4.05. The lowest BCUT2D eigenvalue weighted by atomic mass is 10.1. The van der Waals surface area contributed by atoms with E-state index in [9.17, 15) is 10.4 Å². The SMILES string of the molecule is Cc1cc[n+]([O-])c2ccccc12.Cc1cccc2c1ccc[n+]2[O-]. The summed E-state index contributed by atoms with van der Waals surface area (Å²) in [5, 5.41) is 24.5. The summed E-state index contributed by atoms with van der Waals surface area (Å²) in [5.74, 6) is 0. The fraction of sp³-hybridized carbons (Fsp3) is 0.100. The zero-order valence-corrected chi connectivity index (χ0v) is 13.6. The van der Waals surface area contributed by atoms with Crippen molar-refractivity contribution in [3.05, 3.63) is 94.6 Å². The van der Waals surface area contributed by atoms with Crippen molar-refractivity contribution in [2.75, 3.05) is 0 Å². The largest absolute Gasteiger partial charge is 0.618 e. The Balaban J connectivity index is 0.000000141. The maximum atomic E-state index is 11.2. The Bertz CT molecular complexity index is 894. The van der Waals surface area contributed by atoms with Crippen molar-refractivity contribution < 1.29 is 9.46 Å². The molecule has 0 spiro atoms. The monoisotopic (exact) mass is 318 g/mol. The molecule has 2 aromatic carbocycles. The Labute approximate surface area is 140 Å². The van der Waals surface area contributed by atoms with Crippen molar-refractivity contribution in [1.82, 2.24) is 0 Å². The van der Waals surface area contributed by atoms with Gasteiger partial charge in [0.1, 0.15) is 0 Å². The molecule has 120 valence electrons. The standard InChI is InChI=1S/2C10H9NO/c1-8-4-2-6-10-9(8)5-3-7-11(10)12;1-8-6-7-11(12)10-5-3-2-4-9(8)10/h2*2-7H,1H3. The van der Waals surface area contributed by atoms with E-state index >= 15 is 0 Å². The van der Waals surface area contributed by atoms with Crippen LogP contribution in [-0.2, 0) is 0 Å². The van der Waals surface area contributed by atoms with Gasteiger partial charge in [0.2, 0.25) is 11.0 Å². The van der Waals surface area contributed by atoms with Gasteiger partial charge in [0.15, 0.2) is 12.4 Å². The Hall–Kier alpha value is -3.14. The molecule has 0 saturated carbocycles. The van der Waals surface area contributed by atoms with Crippen LogP contribution < -0.4 is 9.46 Å². The van der Waals surface area contributed by atoms with E-state index in [1.807, 2.05) is 68.4 Å². The third-order valence-corrected chi connectivity index (χ3v) is 4.05. The second-order valence-corrected chi connectivity index (χ2v) is 5.68. The Morgan fingerprint density at radius 2 is 1.12 bits per heavy atom. The lowest BCUT2D eigenvalue weighted by Gasteiger charge is -2.02. The van der Waals surface area contributed by atoms with Gasteiger partial charge in [-0.3, -0.25) is 0 Å². The lowest BCUT2D eigenvalue weighted by molar-refractivity contribution is -0.577. The molecule has 0 unspecified atom stereocenters. The van der Waals surface area contributed by atoms with Gasteiger partial charge in [0.05, 0.1) is 10.8 Å². The van der Waals surface area contributed by atoms with E-state index in [-0.39, 0.29) is 0 Å². The molecule has 0 saturated heterocycles. The number of hydrogen-bond donors (Lipinski definition) is 0. The van der Waals surface area contributed by atoms with E-state index in [1.165, 1.54) is 12.4 Å². The van der Waals surface area contributed by atoms with Crippen LogP contribution in [0.2, 0.25) is 0 Å². The molecule has 2 heterocycles. The van der Waals surface area contributed by atoms with Gasteiger partial charge >= 0.3 is 0 Å². The van der Waals surface area contributed by atoms with E-state index in [0.29, 0.717) is 0 Å². The van der Waals surface area contributed by atoms with E-state index in [4.69, 9.17) is 0 Å². The van der Waals surface area contributed by atoms with Gasteiger partial charge in [-0.15, -0.1) is 0 Å². The van der Waals surface area contributed by atoms with Gasteiger partial charge in [-0.1, -0.05) is 24.3 Å². The molecule has 2 aromatic heterocycles. The number of benzene rings is 2. The van der Waals surface area contributed by atoms with Crippen LogP contribution in [0.4, 0.5) is 0 Å². The quantitative estimate of drug-likeness (QED) is 0.368. The zero-order valence-electron chi connectivity index (χ0n) is 13.6. The number of nitrogens with zero attached hydrogens (tertiary/aromatic N) is 2. The molecule has 0 bridgehead atoms. The number of pyridine rings is 2. The predicted molar refractivity (Wildman–Crippen MR) is 95.3 cm³/mol. The Morgan fingerprint density at radius 3 is 1.83 bits per heavy atom. The second kappa shape index (κ2) is 6.54. The summed E-state index contributed by atoms with van der Waals surface area (Å²) in [5.41, 5.74) is 3.74. The third kappa shape index (κ3) is 2.99. The molecule has 4 nitrogen and oxygen atoms in total. The van der Waals surface area contributed by atoms with Gasteiger partial charge in [0.25, 0.3) is 0 Å². The number of para-hydroxylation sites is 1. The summed E-state index contributed by atoms with van der Waals surface area (Å²) in [7, 11) is 0. The minimum atomic E-state index is 0.734. The normalized spacial score (nSPS) is 10.4. The molecule has 0 atom stereocenters. The number of fused-ring (bicyclic) bond motifs is 2. The van der Waals surface area contributed by atoms with Gasteiger partial charge in [-0.25, -0.2) is 0 Å². The van der Waals surface area contributed by atoms with Gasteiger partial charge in [0, 0.05) is 24.3 Å². The first-order chi connectivity index (χ1) is 11.6. The molecule has 0 radical (unpaired) electrons. The number of hydrogen-bond acceptors (Lipinski definition) is 2. The molecular weight excluding hydrogens is 300 g/mol. The van der Waals surface area contributed by atoms with Crippen molar-refractivity contribution in [2.24, 2.45) is 0 Å². The molecule has 24 heavy (non-hydrogen) atoms.